The van der Waals surface area contributed by atoms with Crippen molar-refractivity contribution in [1.82, 2.24) is 5.32 Å². The molecule has 5 nitrogen and oxygen atoms in total. The van der Waals surface area contributed by atoms with Crippen LogP contribution in [0.15, 0.2) is 24.3 Å². The maximum atomic E-state index is 11.8. The zero-order valence-electron chi connectivity index (χ0n) is 11.2. The summed E-state index contributed by atoms with van der Waals surface area (Å²) in [7, 11) is 1.71. The normalized spacial score (nSPS) is 15.8. The Morgan fingerprint density at radius 3 is 2.63 bits per heavy atom. The molecular formula is C14H21N3O2. The molecule has 0 spiro atoms. The van der Waals surface area contributed by atoms with Crippen molar-refractivity contribution < 1.29 is 9.53 Å². The molecule has 104 valence electrons. The average molecular weight is 263 g/mol. The second-order valence-corrected chi connectivity index (χ2v) is 5.17. The molecular weight excluding hydrogens is 242 g/mol. The van der Waals surface area contributed by atoms with E-state index in [1.165, 1.54) is 12.8 Å². The Morgan fingerprint density at radius 2 is 2.05 bits per heavy atom. The van der Waals surface area contributed by atoms with Crippen LogP contribution >= 0.6 is 0 Å². The van der Waals surface area contributed by atoms with Crippen molar-refractivity contribution in [3.05, 3.63) is 24.3 Å². The lowest BCUT2D eigenvalue weighted by molar-refractivity contribution is 0.171. The molecule has 0 radical (unpaired) electrons. The Labute approximate surface area is 113 Å². The largest absolute Gasteiger partial charge is 0.399 e. The fourth-order valence-electron chi connectivity index (χ4n) is 2.02. The monoisotopic (exact) mass is 263 g/mol. The number of carbonyl (C=O) groups is 1. The first kappa shape index (κ1) is 13.7. The van der Waals surface area contributed by atoms with E-state index in [0.29, 0.717) is 12.2 Å². The van der Waals surface area contributed by atoms with Gasteiger partial charge in [0.25, 0.3) is 0 Å². The van der Waals surface area contributed by atoms with E-state index in [2.05, 4.69) is 10.6 Å². The van der Waals surface area contributed by atoms with Crippen LogP contribution < -0.4 is 16.4 Å². The molecule has 0 aromatic heterocycles. The van der Waals surface area contributed by atoms with Gasteiger partial charge in [-0.3, -0.25) is 0 Å². The van der Waals surface area contributed by atoms with Crippen LogP contribution in [0, 0.1) is 5.41 Å². The van der Waals surface area contributed by atoms with Crippen molar-refractivity contribution in [2.45, 2.75) is 19.3 Å². The SMILES string of the molecule is COCCC1(CNC(=O)Nc2ccc(N)cc2)CC1. The summed E-state index contributed by atoms with van der Waals surface area (Å²) in [5.74, 6) is 0. The molecule has 0 saturated heterocycles. The minimum Gasteiger partial charge on any atom is -0.399 e. The Bertz CT molecular complexity index is 427. The van der Waals surface area contributed by atoms with Crippen molar-refractivity contribution in [3.63, 3.8) is 0 Å². The number of hydrogen-bond acceptors (Lipinski definition) is 3. The number of rotatable bonds is 6. The molecule has 0 bridgehead atoms. The smallest absolute Gasteiger partial charge is 0.319 e. The van der Waals surface area contributed by atoms with Gasteiger partial charge in [-0.15, -0.1) is 0 Å². The molecule has 1 aromatic rings. The lowest BCUT2D eigenvalue weighted by atomic mass is 10.0. The lowest BCUT2D eigenvalue weighted by Gasteiger charge is -2.15. The molecule has 2 rings (SSSR count). The van der Waals surface area contributed by atoms with Crippen LogP contribution in [0.3, 0.4) is 0 Å². The first-order valence-electron chi connectivity index (χ1n) is 6.53. The lowest BCUT2D eigenvalue weighted by Crippen LogP contribution is -2.34. The van der Waals surface area contributed by atoms with Gasteiger partial charge in [-0.2, -0.15) is 0 Å². The predicted octanol–water partition coefficient (Wildman–Crippen LogP) is 2.21. The van der Waals surface area contributed by atoms with E-state index in [4.69, 9.17) is 10.5 Å². The van der Waals surface area contributed by atoms with Gasteiger partial charge in [-0.25, -0.2) is 4.79 Å². The predicted molar refractivity (Wildman–Crippen MR) is 76.0 cm³/mol. The van der Waals surface area contributed by atoms with Crippen molar-refractivity contribution >= 4 is 17.4 Å². The van der Waals surface area contributed by atoms with E-state index in [9.17, 15) is 4.79 Å². The van der Waals surface area contributed by atoms with Crippen LogP contribution in [-0.2, 0) is 4.74 Å². The molecule has 1 aliphatic rings. The zero-order valence-corrected chi connectivity index (χ0v) is 11.2. The Balaban J connectivity index is 1.74. The van der Waals surface area contributed by atoms with Crippen LogP contribution in [0.25, 0.3) is 0 Å². The molecule has 0 unspecified atom stereocenters. The highest BCUT2D eigenvalue weighted by Crippen LogP contribution is 2.48. The second kappa shape index (κ2) is 5.93. The van der Waals surface area contributed by atoms with Crippen molar-refractivity contribution in [1.29, 1.82) is 0 Å². The number of nitrogens with two attached hydrogens (primary N) is 1. The number of anilines is 2. The summed E-state index contributed by atoms with van der Waals surface area (Å²) >= 11 is 0. The summed E-state index contributed by atoms with van der Waals surface area (Å²) in [5, 5.41) is 5.71. The average Bonchev–Trinajstić information content (AvgIpc) is 3.18. The molecule has 1 aromatic carbocycles. The van der Waals surface area contributed by atoms with Crippen LogP contribution in [-0.4, -0.2) is 26.3 Å². The number of methoxy groups -OCH3 is 1. The number of ether oxygens (including phenoxy) is 1. The van der Waals surface area contributed by atoms with Crippen LogP contribution in [0.5, 0.6) is 0 Å². The molecule has 5 heteroatoms. The van der Waals surface area contributed by atoms with Crippen LogP contribution in [0.4, 0.5) is 16.2 Å². The molecule has 19 heavy (non-hydrogen) atoms. The number of nitrogens with one attached hydrogen (secondary N) is 2. The fraction of sp³-hybridized carbons (Fsp3) is 0.500. The molecule has 1 aliphatic carbocycles. The van der Waals surface area contributed by atoms with Gasteiger partial charge in [0.15, 0.2) is 0 Å². The summed E-state index contributed by atoms with van der Waals surface area (Å²) in [6.45, 7) is 1.46. The van der Waals surface area contributed by atoms with Gasteiger partial charge in [-0.1, -0.05) is 0 Å². The maximum absolute atomic E-state index is 11.8. The molecule has 2 amide bonds. The third kappa shape index (κ3) is 4.13. The summed E-state index contributed by atoms with van der Waals surface area (Å²) < 4.78 is 5.09. The van der Waals surface area contributed by atoms with E-state index in [-0.39, 0.29) is 11.4 Å². The van der Waals surface area contributed by atoms with Crippen LogP contribution in [0.1, 0.15) is 19.3 Å². The number of nitrogen functional groups attached to an aromatic ring is 1. The minimum atomic E-state index is -0.173. The van der Waals surface area contributed by atoms with E-state index in [1.54, 1.807) is 31.4 Å². The highest BCUT2D eigenvalue weighted by Gasteiger charge is 2.42. The summed E-state index contributed by atoms with van der Waals surface area (Å²) in [6.07, 6.45) is 3.34. The van der Waals surface area contributed by atoms with Crippen LogP contribution in [0.2, 0.25) is 0 Å². The Kier molecular flexibility index (Phi) is 4.27. The molecule has 4 N–H and O–H groups in total. The first-order valence-corrected chi connectivity index (χ1v) is 6.53. The molecule has 1 fully saturated rings. The second-order valence-electron chi connectivity index (χ2n) is 5.17. The highest BCUT2D eigenvalue weighted by molar-refractivity contribution is 5.89. The molecule has 0 aliphatic heterocycles. The molecule has 0 atom stereocenters. The Hall–Kier alpha value is -1.75. The van der Waals surface area contributed by atoms with E-state index in [1.807, 2.05) is 0 Å². The van der Waals surface area contributed by atoms with Gasteiger partial charge in [-0.05, 0) is 48.9 Å². The summed E-state index contributed by atoms with van der Waals surface area (Å²) in [4.78, 5) is 11.8. The number of hydrogen-bond donors (Lipinski definition) is 3. The standard InChI is InChI=1S/C14H21N3O2/c1-19-9-8-14(6-7-14)10-16-13(18)17-12-4-2-11(15)3-5-12/h2-5H,6-10,15H2,1H3,(H2,16,17,18). The maximum Gasteiger partial charge on any atom is 0.319 e. The summed E-state index contributed by atoms with van der Waals surface area (Å²) in [5.41, 5.74) is 7.27. The number of urea groups is 1. The summed E-state index contributed by atoms with van der Waals surface area (Å²) in [6, 6.07) is 6.92. The topological polar surface area (TPSA) is 76.4 Å². The van der Waals surface area contributed by atoms with E-state index >= 15 is 0 Å². The first-order chi connectivity index (χ1) is 9.13. The van der Waals surface area contributed by atoms with Gasteiger partial charge in [0.1, 0.15) is 0 Å². The fourth-order valence-corrected chi connectivity index (χ4v) is 2.02. The van der Waals surface area contributed by atoms with Gasteiger partial charge in [0, 0.05) is 31.6 Å². The zero-order chi connectivity index (χ0) is 13.7. The Morgan fingerprint density at radius 1 is 1.37 bits per heavy atom. The van der Waals surface area contributed by atoms with Gasteiger partial charge >= 0.3 is 6.03 Å². The number of amides is 2. The number of benzene rings is 1. The van der Waals surface area contributed by atoms with E-state index in [0.717, 1.165) is 18.7 Å². The van der Waals surface area contributed by atoms with Gasteiger partial charge in [0.2, 0.25) is 0 Å². The highest BCUT2D eigenvalue weighted by atomic mass is 16.5. The molecule has 1 saturated carbocycles. The molecule has 0 heterocycles. The third-order valence-corrected chi connectivity index (χ3v) is 3.59. The minimum absolute atomic E-state index is 0.173. The van der Waals surface area contributed by atoms with Gasteiger partial charge in [0.05, 0.1) is 0 Å². The third-order valence-electron chi connectivity index (χ3n) is 3.59. The number of carbonyl (C=O) groups excluding carboxylic acids is 1. The quantitative estimate of drug-likeness (QED) is 0.689. The van der Waals surface area contributed by atoms with Crippen molar-refractivity contribution in [3.8, 4) is 0 Å². The van der Waals surface area contributed by atoms with Crippen molar-refractivity contribution in [2.75, 3.05) is 31.3 Å². The van der Waals surface area contributed by atoms with Crippen molar-refractivity contribution in [2.24, 2.45) is 5.41 Å². The van der Waals surface area contributed by atoms with E-state index < -0.39 is 0 Å². The van der Waals surface area contributed by atoms with Gasteiger partial charge < -0.3 is 21.1 Å².